The number of aliphatic hydroxyl groups is 1. The minimum absolute atomic E-state index is 0.133. The number of pyridine rings is 1. The lowest BCUT2D eigenvalue weighted by Gasteiger charge is -2.17. The van der Waals surface area contributed by atoms with E-state index in [9.17, 15) is 0 Å². The lowest BCUT2D eigenvalue weighted by Crippen LogP contribution is -2.21. The predicted molar refractivity (Wildman–Crippen MR) is 89.5 cm³/mol. The summed E-state index contributed by atoms with van der Waals surface area (Å²) in [4.78, 5) is 6.35. The molecule has 22 heavy (non-hydrogen) atoms. The Morgan fingerprint density at radius 3 is 2.55 bits per heavy atom. The number of nitrogens with one attached hydrogen (secondary N) is 1. The second-order valence-corrected chi connectivity index (χ2v) is 4.98. The maximum Gasteiger partial charge on any atom is 0.126 e. The molecular weight excluding hydrogens is 278 g/mol. The van der Waals surface area contributed by atoms with Crippen molar-refractivity contribution in [3.63, 3.8) is 0 Å². The van der Waals surface area contributed by atoms with E-state index in [-0.39, 0.29) is 6.61 Å². The number of aliphatic hydroxyl groups excluding tert-OH is 1. The third-order valence-electron chi connectivity index (χ3n) is 3.33. The summed E-state index contributed by atoms with van der Waals surface area (Å²) in [6.07, 6.45) is 1.80. The summed E-state index contributed by atoms with van der Waals surface area (Å²) in [5.74, 6) is 1.72. The van der Waals surface area contributed by atoms with Crippen molar-refractivity contribution < 1.29 is 9.84 Å². The number of hydrogen-bond donors (Lipinski definition) is 2. The lowest BCUT2D eigenvalue weighted by atomic mass is 10.2. The van der Waals surface area contributed by atoms with E-state index in [4.69, 9.17) is 9.84 Å². The fourth-order valence-electron chi connectivity index (χ4n) is 2.06. The summed E-state index contributed by atoms with van der Waals surface area (Å²) >= 11 is 0. The van der Waals surface area contributed by atoms with Gasteiger partial charge in [0.05, 0.1) is 25.1 Å². The van der Waals surface area contributed by atoms with Crippen LogP contribution in [-0.4, -0.2) is 36.9 Å². The van der Waals surface area contributed by atoms with Crippen LogP contribution in [0.4, 0.5) is 11.5 Å². The van der Waals surface area contributed by atoms with Gasteiger partial charge in [0.2, 0.25) is 0 Å². The molecule has 0 aliphatic carbocycles. The van der Waals surface area contributed by atoms with E-state index >= 15 is 0 Å². The molecule has 2 aromatic rings. The first-order chi connectivity index (χ1) is 10.7. The van der Waals surface area contributed by atoms with Crippen LogP contribution >= 0.6 is 0 Å². The lowest BCUT2D eigenvalue weighted by molar-refractivity contribution is 0.304. The molecule has 0 saturated heterocycles. The Morgan fingerprint density at radius 2 is 1.95 bits per heavy atom. The fraction of sp³-hybridized carbons (Fsp3) is 0.353. The number of benzene rings is 1. The van der Waals surface area contributed by atoms with Gasteiger partial charge in [-0.3, -0.25) is 0 Å². The SMILES string of the molecule is CCOc1ccc(CNc2ccc(N(C)CCO)cn2)cc1. The molecule has 0 aliphatic heterocycles. The van der Waals surface area contributed by atoms with Crippen LogP contribution in [0.2, 0.25) is 0 Å². The second kappa shape index (κ2) is 8.24. The zero-order chi connectivity index (χ0) is 15.8. The van der Waals surface area contributed by atoms with Crippen molar-refractivity contribution in [2.24, 2.45) is 0 Å². The van der Waals surface area contributed by atoms with Crippen LogP contribution in [0, 0.1) is 0 Å². The predicted octanol–water partition coefficient (Wildman–Crippen LogP) is 2.52. The number of ether oxygens (including phenoxy) is 1. The van der Waals surface area contributed by atoms with Crippen molar-refractivity contribution >= 4 is 11.5 Å². The van der Waals surface area contributed by atoms with E-state index in [2.05, 4.69) is 10.3 Å². The normalized spacial score (nSPS) is 10.3. The van der Waals surface area contributed by atoms with Crippen molar-refractivity contribution in [2.75, 3.05) is 37.0 Å². The Kier molecular flexibility index (Phi) is 6.03. The van der Waals surface area contributed by atoms with Gasteiger partial charge in [0.25, 0.3) is 0 Å². The quantitative estimate of drug-likeness (QED) is 0.784. The molecule has 118 valence electrons. The van der Waals surface area contributed by atoms with Gasteiger partial charge in [0.1, 0.15) is 11.6 Å². The molecule has 0 aliphatic rings. The van der Waals surface area contributed by atoms with Gasteiger partial charge in [-0.2, -0.15) is 0 Å². The smallest absolute Gasteiger partial charge is 0.126 e. The summed E-state index contributed by atoms with van der Waals surface area (Å²) in [5, 5.41) is 12.2. The van der Waals surface area contributed by atoms with E-state index in [1.807, 2.05) is 55.3 Å². The van der Waals surface area contributed by atoms with Crippen molar-refractivity contribution in [1.82, 2.24) is 4.98 Å². The summed E-state index contributed by atoms with van der Waals surface area (Å²) in [5.41, 5.74) is 2.16. The highest BCUT2D eigenvalue weighted by atomic mass is 16.5. The summed E-state index contributed by atoms with van der Waals surface area (Å²) < 4.78 is 5.42. The molecule has 1 aromatic carbocycles. The fourth-order valence-corrected chi connectivity index (χ4v) is 2.06. The molecule has 2 N–H and O–H groups in total. The Bertz CT molecular complexity index is 555. The standard InChI is InChI=1S/C17H23N3O2/c1-3-22-16-7-4-14(5-8-16)12-18-17-9-6-15(13-19-17)20(2)10-11-21/h4-9,13,21H,3,10-12H2,1-2H3,(H,18,19). The summed E-state index contributed by atoms with van der Waals surface area (Å²) in [6.45, 7) is 4.10. The van der Waals surface area contributed by atoms with Gasteiger partial charge in [0.15, 0.2) is 0 Å². The first kappa shape index (κ1) is 16.1. The Labute approximate surface area is 131 Å². The number of likely N-dealkylation sites (N-methyl/N-ethyl adjacent to an activating group) is 1. The molecule has 0 bridgehead atoms. The van der Waals surface area contributed by atoms with Crippen LogP contribution in [0.25, 0.3) is 0 Å². The van der Waals surface area contributed by atoms with Gasteiger partial charge < -0.3 is 20.1 Å². The molecule has 0 unspecified atom stereocenters. The van der Waals surface area contributed by atoms with Crippen molar-refractivity contribution in [1.29, 1.82) is 0 Å². The molecule has 1 aromatic heterocycles. The van der Waals surface area contributed by atoms with Crippen LogP contribution < -0.4 is 15.0 Å². The van der Waals surface area contributed by atoms with E-state index in [1.165, 1.54) is 5.56 Å². The Balaban J connectivity index is 1.88. The van der Waals surface area contributed by atoms with Crippen molar-refractivity contribution in [2.45, 2.75) is 13.5 Å². The van der Waals surface area contributed by atoms with Gasteiger partial charge in [-0.25, -0.2) is 4.98 Å². The average Bonchev–Trinajstić information content (AvgIpc) is 2.55. The third-order valence-corrected chi connectivity index (χ3v) is 3.33. The van der Waals surface area contributed by atoms with Crippen molar-refractivity contribution in [3.8, 4) is 5.75 Å². The van der Waals surface area contributed by atoms with Crippen LogP contribution in [0.3, 0.4) is 0 Å². The molecule has 0 radical (unpaired) electrons. The average molecular weight is 301 g/mol. The zero-order valence-corrected chi connectivity index (χ0v) is 13.1. The number of rotatable bonds is 8. The molecule has 0 amide bonds. The summed E-state index contributed by atoms with van der Waals surface area (Å²) in [6, 6.07) is 12.0. The molecule has 2 rings (SSSR count). The molecule has 0 saturated carbocycles. The van der Waals surface area contributed by atoms with Gasteiger partial charge in [-0.15, -0.1) is 0 Å². The third kappa shape index (κ3) is 4.63. The first-order valence-corrected chi connectivity index (χ1v) is 7.46. The monoisotopic (exact) mass is 301 g/mol. The van der Waals surface area contributed by atoms with Crippen LogP contribution in [-0.2, 0) is 6.54 Å². The van der Waals surface area contributed by atoms with E-state index in [0.717, 1.165) is 17.3 Å². The molecule has 5 nitrogen and oxygen atoms in total. The molecule has 0 spiro atoms. The van der Waals surface area contributed by atoms with Crippen LogP contribution in [0.15, 0.2) is 42.6 Å². The van der Waals surface area contributed by atoms with Crippen molar-refractivity contribution in [3.05, 3.63) is 48.2 Å². The topological polar surface area (TPSA) is 57.6 Å². The van der Waals surface area contributed by atoms with Gasteiger partial charge in [0, 0.05) is 20.1 Å². The molecule has 0 atom stereocenters. The highest BCUT2D eigenvalue weighted by Gasteiger charge is 2.01. The minimum atomic E-state index is 0.133. The molecule has 1 heterocycles. The number of aromatic nitrogens is 1. The molecule has 5 heteroatoms. The number of nitrogens with zero attached hydrogens (tertiary/aromatic N) is 2. The van der Waals surface area contributed by atoms with E-state index in [0.29, 0.717) is 19.7 Å². The largest absolute Gasteiger partial charge is 0.494 e. The first-order valence-electron chi connectivity index (χ1n) is 7.46. The minimum Gasteiger partial charge on any atom is -0.494 e. The van der Waals surface area contributed by atoms with E-state index < -0.39 is 0 Å². The Morgan fingerprint density at radius 1 is 1.18 bits per heavy atom. The zero-order valence-electron chi connectivity index (χ0n) is 13.1. The second-order valence-electron chi connectivity index (χ2n) is 4.98. The maximum atomic E-state index is 8.93. The van der Waals surface area contributed by atoms with Gasteiger partial charge in [-0.05, 0) is 36.8 Å². The maximum absolute atomic E-state index is 8.93. The highest BCUT2D eigenvalue weighted by molar-refractivity contribution is 5.49. The molecule has 0 fully saturated rings. The summed E-state index contributed by atoms with van der Waals surface area (Å²) in [7, 11) is 1.93. The Hall–Kier alpha value is -2.27. The van der Waals surface area contributed by atoms with Crippen LogP contribution in [0.5, 0.6) is 5.75 Å². The van der Waals surface area contributed by atoms with Gasteiger partial charge in [-0.1, -0.05) is 12.1 Å². The number of anilines is 2. The number of hydrogen-bond acceptors (Lipinski definition) is 5. The van der Waals surface area contributed by atoms with Gasteiger partial charge >= 0.3 is 0 Å². The molecular formula is C17H23N3O2. The van der Waals surface area contributed by atoms with E-state index in [1.54, 1.807) is 6.20 Å². The highest BCUT2D eigenvalue weighted by Crippen LogP contribution is 2.15. The van der Waals surface area contributed by atoms with Crippen LogP contribution in [0.1, 0.15) is 12.5 Å².